The molecule has 3 heteroatoms. The first-order valence-electron chi connectivity index (χ1n) is 7.83. The Morgan fingerprint density at radius 3 is 3.00 bits per heavy atom. The SMILES string of the molecule is CCC1CN(C)C2CCCCC2(c2cccc(O)c2)O1. The molecule has 3 atom stereocenters. The van der Waals surface area contributed by atoms with Crippen LogP contribution in [-0.4, -0.2) is 35.7 Å². The summed E-state index contributed by atoms with van der Waals surface area (Å²) >= 11 is 0. The lowest BCUT2D eigenvalue weighted by molar-refractivity contribution is -0.204. The van der Waals surface area contributed by atoms with E-state index in [1.165, 1.54) is 19.3 Å². The summed E-state index contributed by atoms with van der Waals surface area (Å²) in [5, 5.41) is 9.85. The van der Waals surface area contributed by atoms with E-state index in [4.69, 9.17) is 4.74 Å². The molecule has 1 aliphatic heterocycles. The zero-order chi connectivity index (χ0) is 14.2. The minimum Gasteiger partial charge on any atom is -0.508 e. The van der Waals surface area contributed by atoms with Crippen LogP contribution in [0.4, 0.5) is 0 Å². The monoisotopic (exact) mass is 275 g/mol. The van der Waals surface area contributed by atoms with E-state index in [1.807, 2.05) is 12.1 Å². The van der Waals surface area contributed by atoms with Gasteiger partial charge in [-0.25, -0.2) is 0 Å². The summed E-state index contributed by atoms with van der Waals surface area (Å²) in [6, 6.07) is 8.11. The summed E-state index contributed by atoms with van der Waals surface area (Å²) < 4.78 is 6.59. The molecule has 3 nitrogen and oxygen atoms in total. The molecule has 20 heavy (non-hydrogen) atoms. The lowest BCUT2D eigenvalue weighted by Gasteiger charge is -2.54. The van der Waals surface area contributed by atoms with Gasteiger partial charge in [-0.05, 0) is 44.0 Å². The first-order valence-corrected chi connectivity index (χ1v) is 7.83. The summed E-state index contributed by atoms with van der Waals surface area (Å²) in [7, 11) is 2.22. The van der Waals surface area contributed by atoms with Crippen LogP contribution in [0, 0.1) is 0 Å². The molecule has 0 aromatic heterocycles. The van der Waals surface area contributed by atoms with Gasteiger partial charge in [0.2, 0.25) is 0 Å². The first-order chi connectivity index (χ1) is 9.65. The molecule has 2 fully saturated rings. The van der Waals surface area contributed by atoms with Gasteiger partial charge >= 0.3 is 0 Å². The predicted octanol–water partition coefficient (Wildman–Crippen LogP) is 3.27. The van der Waals surface area contributed by atoms with Crippen molar-refractivity contribution in [1.82, 2.24) is 4.90 Å². The normalized spacial score (nSPS) is 34.7. The zero-order valence-corrected chi connectivity index (χ0v) is 12.5. The Balaban J connectivity index is 2.03. The van der Waals surface area contributed by atoms with Crippen LogP contribution in [0.2, 0.25) is 0 Å². The van der Waals surface area contributed by atoms with E-state index in [9.17, 15) is 5.11 Å². The number of rotatable bonds is 2. The topological polar surface area (TPSA) is 32.7 Å². The van der Waals surface area contributed by atoms with Crippen molar-refractivity contribution in [2.24, 2.45) is 0 Å². The van der Waals surface area contributed by atoms with Crippen molar-refractivity contribution < 1.29 is 9.84 Å². The number of nitrogens with zero attached hydrogens (tertiary/aromatic N) is 1. The number of hydrogen-bond acceptors (Lipinski definition) is 3. The van der Waals surface area contributed by atoms with Crippen molar-refractivity contribution in [3.05, 3.63) is 29.8 Å². The third-order valence-corrected chi connectivity index (χ3v) is 5.00. The maximum absolute atomic E-state index is 9.85. The van der Waals surface area contributed by atoms with Gasteiger partial charge in [-0.2, -0.15) is 0 Å². The van der Waals surface area contributed by atoms with Crippen LogP contribution in [0.25, 0.3) is 0 Å². The number of aromatic hydroxyl groups is 1. The number of ether oxygens (including phenoxy) is 1. The number of fused-ring (bicyclic) bond motifs is 1. The Labute approximate surface area is 121 Å². The van der Waals surface area contributed by atoms with Crippen LogP contribution in [0.3, 0.4) is 0 Å². The molecule has 1 saturated heterocycles. The quantitative estimate of drug-likeness (QED) is 0.899. The third-order valence-electron chi connectivity index (χ3n) is 5.00. The Hall–Kier alpha value is -1.06. The fourth-order valence-electron chi connectivity index (χ4n) is 4.01. The van der Waals surface area contributed by atoms with Gasteiger partial charge in [-0.15, -0.1) is 0 Å². The molecule has 0 spiro atoms. The molecule has 1 saturated carbocycles. The number of phenolic OH excluding ortho intramolecular Hbond substituents is 1. The van der Waals surface area contributed by atoms with Crippen molar-refractivity contribution in [2.45, 2.75) is 56.8 Å². The van der Waals surface area contributed by atoms with Crippen LogP contribution < -0.4 is 0 Å². The van der Waals surface area contributed by atoms with Crippen molar-refractivity contribution in [3.63, 3.8) is 0 Å². The minimum atomic E-state index is -0.231. The van der Waals surface area contributed by atoms with Crippen LogP contribution >= 0.6 is 0 Å². The molecule has 1 aromatic rings. The second-order valence-corrected chi connectivity index (χ2v) is 6.29. The largest absolute Gasteiger partial charge is 0.508 e. The summed E-state index contributed by atoms with van der Waals surface area (Å²) in [5.41, 5.74) is 0.914. The van der Waals surface area contributed by atoms with Gasteiger partial charge < -0.3 is 9.84 Å². The highest BCUT2D eigenvalue weighted by Gasteiger charge is 2.49. The Kier molecular flexibility index (Phi) is 3.74. The number of benzene rings is 1. The number of phenols is 1. The molecule has 1 N–H and O–H groups in total. The van der Waals surface area contributed by atoms with Crippen molar-refractivity contribution in [2.75, 3.05) is 13.6 Å². The average Bonchev–Trinajstić information content (AvgIpc) is 2.47. The summed E-state index contributed by atoms with van der Waals surface area (Å²) in [5.74, 6) is 0.339. The maximum atomic E-state index is 9.85. The molecular weight excluding hydrogens is 250 g/mol. The highest BCUT2D eigenvalue weighted by Crippen LogP contribution is 2.47. The van der Waals surface area contributed by atoms with Gasteiger partial charge in [-0.1, -0.05) is 31.9 Å². The summed E-state index contributed by atoms with van der Waals surface area (Å²) in [4.78, 5) is 2.47. The van der Waals surface area contributed by atoms with E-state index in [2.05, 4.69) is 24.9 Å². The van der Waals surface area contributed by atoms with E-state index < -0.39 is 0 Å². The molecule has 110 valence electrons. The van der Waals surface area contributed by atoms with Crippen LogP contribution in [0.1, 0.15) is 44.6 Å². The molecule has 1 aromatic carbocycles. The lowest BCUT2D eigenvalue weighted by atomic mass is 9.73. The minimum absolute atomic E-state index is 0.231. The zero-order valence-electron chi connectivity index (χ0n) is 12.5. The summed E-state index contributed by atoms with van der Waals surface area (Å²) in [6.45, 7) is 3.21. The predicted molar refractivity (Wildman–Crippen MR) is 79.8 cm³/mol. The van der Waals surface area contributed by atoms with Crippen molar-refractivity contribution in [1.29, 1.82) is 0 Å². The van der Waals surface area contributed by atoms with Crippen molar-refractivity contribution >= 4 is 0 Å². The molecule has 3 rings (SSSR count). The highest BCUT2D eigenvalue weighted by molar-refractivity contribution is 5.34. The number of morpholine rings is 1. The first kappa shape index (κ1) is 13.9. The molecule has 0 bridgehead atoms. The van der Waals surface area contributed by atoms with Crippen molar-refractivity contribution in [3.8, 4) is 5.75 Å². The van der Waals surface area contributed by atoms with Crippen LogP contribution in [-0.2, 0) is 10.3 Å². The molecule has 1 aliphatic carbocycles. The standard InChI is InChI=1S/C17H25NO2/c1-3-15-12-18(2)16-9-4-5-10-17(16,20-15)13-7-6-8-14(19)11-13/h6-8,11,15-16,19H,3-5,9-10,12H2,1-2H3. The molecule has 0 amide bonds. The molecule has 0 radical (unpaired) electrons. The Morgan fingerprint density at radius 2 is 2.25 bits per heavy atom. The van der Waals surface area contributed by atoms with Crippen LogP contribution in [0.15, 0.2) is 24.3 Å². The molecule has 2 aliphatic rings. The van der Waals surface area contributed by atoms with E-state index in [-0.39, 0.29) is 11.7 Å². The fraction of sp³-hybridized carbons (Fsp3) is 0.647. The van der Waals surface area contributed by atoms with Gasteiger partial charge in [0.05, 0.1) is 6.10 Å². The molecule has 1 heterocycles. The number of hydrogen-bond donors (Lipinski definition) is 1. The van der Waals surface area contributed by atoms with E-state index in [0.717, 1.165) is 24.9 Å². The van der Waals surface area contributed by atoms with Gasteiger partial charge in [0.25, 0.3) is 0 Å². The second-order valence-electron chi connectivity index (χ2n) is 6.29. The maximum Gasteiger partial charge on any atom is 0.115 e. The number of likely N-dealkylation sites (N-methyl/N-ethyl adjacent to an activating group) is 1. The molecular formula is C17H25NO2. The van der Waals surface area contributed by atoms with E-state index in [0.29, 0.717) is 11.8 Å². The molecule has 3 unspecified atom stereocenters. The van der Waals surface area contributed by atoms with E-state index in [1.54, 1.807) is 6.07 Å². The average molecular weight is 275 g/mol. The van der Waals surface area contributed by atoms with Gasteiger partial charge in [-0.3, -0.25) is 4.90 Å². The lowest BCUT2D eigenvalue weighted by Crippen LogP contribution is -2.60. The van der Waals surface area contributed by atoms with Gasteiger partial charge in [0, 0.05) is 12.6 Å². The highest BCUT2D eigenvalue weighted by atomic mass is 16.5. The second kappa shape index (κ2) is 5.38. The fourth-order valence-corrected chi connectivity index (χ4v) is 4.01. The summed E-state index contributed by atoms with van der Waals surface area (Å²) in [6.07, 6.45) is 6.05. The third kappa shape index (κ3) is 2.23. The van der Waals surface area contributed by atoms with Gasteiger partial charge in [0.1, 0.15) is 11.4 Å². The van der Waals surface area contributed by atoms with Gasteiger partial charge in [0.15, 0.2) is 0 Å². The smallest absolute Gasteiger partial charge is 0.115 e. The van der Waals surface area contributed by atoms with E-state index >= 15 is 0 Å². The Morgan fingerprint density at radius 1 is 1.40 bits per heavy atom. The van der Waals surface area contributed by atoms with Crippen LogP contribution in [0.5, 0.6) is 5.75 Å². The Bertz CT molecular complexity index is 476.